The van der Waals surface area contributed by atoms with Gasteiger partial charge in [0.25, 0.3) is 11.8 Å². The lowest BCUT2D eigenvalue weighted by molar-refractivity contribution is -0.134. The smallest absolute Gasteiger partial charge is 0.311 e. The van der Waals surface area contributed by atoms with E-state index in [1.807, 2.05) is 13.8 Å². The number of hydrogen-bond acceptors (Lipinski definition) is 7. The molecule has 0 unspecified atom stereocenters. The number of fused-ring (bicyclic) bond motifs is 5. The van der Waals surface area contributed by atoms with Crippen LogP contribution in [0.2, 0.25) is 0 Å². The number of pyridine rings is 1. The van der Waals surface area contributed by atoms with Crippen LogP contribution in [0.4, 0.5) is 8.78 Å². The van der Waals surface area contributed by atoms with Crippen LogP contribution in [0, 0.1) is 11.6 Å². The molecule has 1 spiro atoms. The fourth-order valence-electron chi connectivity index (χ4n) is 7.05. The number of hydrogen-bond donors (Lipinski definition) is 1. The number of rotatable bonds is 14. The number of unbranched alkanes of at least 4 members (excludes halogenated alkanes) is 8. The van der Waals surface area contributed by atoms with Crippen molar-refractivity contribution in [2.45, 2.75) is 128 Å². The van der Waals surface area contributed by atoms with Gasteiger partial charge in [-0.05, 0) is 39.2 Å². The van der Waals surface area contributed by atoms with Gasteiger partial charge in [0, 0.05) is 51.2 Å². The quantitative estimate of drug-likeness (QED) is 0.174. The van der Waals surface area contributed by atoms with Gasteiger partial charge in [-0.2, -0.15) is 0 Å². The molecule has 1 aromatic heterocycles. The molecule has 1 saturated heterocycles. The fraction of sp³-hybridized carbons (Fsp3) is 0.583. The minimum Gasteiger partial charge on any atom is -0.420 e. The Morgan fingerprint density at radius 2 is 1.81 bits per heavy atom. The van der Waals surface area contributed by atoms with Crippen molar-refractivity contribution in [1.82, 2.24) is 14.8 Å². The Labute approximate surface area is 281 Å². The van der Waals surface area contributed by atoms with Crippen LogP contribution < -0.4 is 15.5 Å². The van der Waals surface area contributed by atoms with Crippen molar-refractivity contribution in [3.63, 3.8) is 0 Å². The van der Waals surface area contributed by atoms with Crippen LogP contribution in [-0.2, 0) is 16.2 Å². The topological polar surface area (TPSA) is 119 Å². The van der Waals surface area contributed by atoms with E-state index < -0.39 is 52.2 Å². The number of amides is 2. The van der Waals surface area contributed by atoms with Crippen LogP contribution in [0.25, 0.3) is 0 Å². The average molecular weight is 671 g/mol. The third kappa shape index (κ3) is 7.63. The summed E-state index contributed by atoms with van der Waals surface area (Å²) in [5.41, 5.74) is -1.46. The van der Waals surface area contributed by atoms with E-state index in [4.69, 9.17) is 9.57 Å². The summed E-state index contributed by atoms with van der Waals surface area (Å²) in [6.45, 7) is 5.88. The molecule has 2 amide bonds. The highest BCUT2D eigenvalue weighted by Gasteiger charge is 2.54. The second-order valence-electron chi connectivity index (χ2n) is 13.4. The van der Waals surface area contributed by atoms with Crippen molar-refractivity contribution in [3.8, 4) is 5.75 Å². The highest BCUT2D eigenvalue weighted by atomic mass is 19.1. The van der Waals surface area contributed by atoms with Crippen molar-refractivity contribution in [2.75, 3.05) is 6.54 Å². The first kappa shape index (κ1) is 35.2. The molecule has 1 N–H and O–H groups in total. The molecule has 2 bridgehead atoms. The highest BCUT2D eigenvalue weighted by Crippen LogP contribution is 2.46. The minimum atomic E-state index is -0.923. The molecule has 0 saturated carbocycles. The lowest BCUT2D eigenvalue weighted by atomic mass is 9.84. The Morgan fingerprint density at radius 1 is 1.10 bits per heavy atom. The van der Waals surface area contributed by atoms with Crippen LogP contribution in [0.5, 0.6) is 5.75 Å². The summed E-state index contributed by atoms with van der Waals surface area (Å²) in [6.07, 6.45) is 12.5. The summed E-state index contributed by atoms with van der Waals surface area (Å²) in [5.74, 6) is -4.12. The van der Waals surface area contributed by atoms with Gasteiger partial charge in [0.2, 0.25) is 11.2 Å². The number of aromatic nitrogens is 1. The van der Waals surface area contributed by atoms with Crippen molar-refractivity contribution in [1.29, 1.82) is 0 Å². The van der Waals surface area contributed by atoms with E-state index in [0.29, 0.717) is 31.7 Å². The zero-order chi connectivity index (χ0) is 34.4. The van der Waals surface area contributed by atoms with Crippen molar-refractivity contribution in [3.05, 3.63) is 63.1 Å². The van der Waals surface area contributed by atoms with Crippen LogP contribution >= 0.6 is 0 Å². The SMILES string of the molecule is CCCCCCCCCCCC(=O)Oc1c2n(cc(C(=O)NCc3ccc(F)cc3F)c1=O)[C@@H]1CN(C2=O)[C@@H](C)CC[C@]12CC(C)=NO2.[HH]. The predicted molar refractivity (Wildman–Crippen MR) is 178 cm³/mol. The molecule has 4 heterocycles. The molecule has 0 aliphatic carbocycles. The number of ether oxygens (including phenoxy) is 1. The molecule has 1 aromatic carbocycles. The minimum absolute atomic E-state index is 0. The summed E-state index contributed by atoms with van der Waals surface area (Å²) < 4.78 is 35.0. The number of halogens is 2. The van der Waals surface area contributed by atoms with Crippen molar-refractivity contribution in [2.24, 2.45) is 5.16 Å². The van der Waals surface area contributed by atoms with Crippen molar-refractivity contribution >= 4 is 23.5 Å². The second-order valence-corrected chi connectivity index (χ2v) is 13.4. The molecule has 262 valence electrons. The molecule has 2 aromatic rings. The predicted octanol–water partition coefficient (Wildman–Crippen LogP) is 6.84. The number of nitrogens with one attached hydrogen (secondary N) is 1. The fourth-order valence-corrected chi connectivity index (χ4v) is 7.05. The van der Waals surface area contributed by atoms with Crippen LogP contribution in [0.15, 0.2) is 34.3 Å². The summed E-state index contributed by atoms with van der Waals surface area (Å²) in [5, 5.41) is 6.75. The average Bonchev–Trinajstić information content (AvgIpc) is 3.38. The zero-order valence-corrected chi connectivity index (χ0v) is 28.1. The monoisotopic (exact) mass is 670 g/mol. The Bertz CT molecular complexity index is 1630. The third-order valence-electron chi connectivity index (χ3n) is 9.82. The molecule has 0 radical (unpaired) electrons. The standard InChI is InChI=1S/C36H46F2N4O6.H2/c1-4-5-6-7-8-9-10-11-12-13-30(43)47-33-31-35(46)41-22-29(36(17-16-24(41)3)19-23(2)40-48-36)42(31)21-27(32(33)44)34(45)39-20-25-14-15-26(37)18-28(25)38;/h14-15,18,21,24,29H,4-13,16-17,19-20,22H2,1-3H3,(H,39,45);1H/t24-,29+,36-;/m0./s1. The largest absolute Gasteiger partial charge is 0.420 e. The second kappa shape index (κ2) is 15.4. The number of carbonyl (C=O) groups is 3. The van der Waals surface area contributed by atoms with E-state index in [1.54, 1.807) is 9.47 Å². The van der Waals surface area contributed by atoms with Gasteiger partial charge in [0.05, 0.1) is 11.8 Å². The lowest BCUT2D eigenvalue weighted by Gasteiger charge is -2.42. The van der Waals surface area contributed by atoms with Crippen molar-refractivity contribution < 1.29 is 34.2 Å². The maximum Gasteiger partial charge on any atom is 0.311 e. The van der Waals surface area contributed by atoms with Gasteiger partial charge < -0.3 is 24.4 Å². The van der Waals surface area contributed by atoms with E-state index in [2.05, 4.69) is 17.4 Å². The lowest BCUT2D eigenvalue weighted by Crippen LogP contribution is -2.52. The summed E-state index contributed by atoms with van der Waals surface area (Å²) >= 11 is 0. The number of carbonyl (C=O) groups excluding carboxylic acids is 3. The normalized spacial score (nSPS) is 21.4. The zero-order valence-electron chi connectivity index (χ0n) is 28.1. The van der Waals surface area contributed by atoms with Gasteiger partial charge in [-0.25, -0.2) is 8.78 Å². The molecule has 3 aliphatic heterocycles. The number of esters is 1. The van der Waals surface area contributed by atoms with Gasteiger partial charge in [0.15, 0.2) is 11.3 Å². The van der Waals surface area contributed by atoms with Crippen LogP contribution in [0.1, 0.15) is 138 Å². The summed E-state index contributed by atoms with van der Waals surface area (Å²) in [4.78, 5) is 62.4. The molecule has 12 heteroatoms. The maximum atomic E-state index is 14.3. The van der Waals surface area contributed by atoms with Gasteiger partial charge in [-0.1, -0.05) is 69.5 Å². The first-order valence-corrected chi connectivity index (χ1v) is 17.3. The van der Waals surface area contributed by atoms with Crippen LogP contribution in [-0.4, -0.2) is 51.2 Å². The van der Waals surface area contributed by atoms with Gasteiger partial charge in [0.1, 0.15) is 17.2 Å². The highest BCUT2D eigenvalue weighted by molar-refractivity contribution is 6.00. The number of oxime groups is 1. The molecule has 3 atom stereocenters. The van der Waals surface area contributed by atoms with Gasteiger partial charge >= 0.3 is 5.97 Å². The van der Waals surface area contributed by atoms with Gasteiger partial charge in [-0.3, -0.25) is 19.2 Å². The maximum absolute atomic E-state index is 14.3. The third-order valence-corrected chi connectivity index (χ3v) is 9.82. The van der Waals surface area contributed by atoms with E-state index in [1.165, 1.54) is 37.9 Å². The van der Waals surface area contributed by atoms with E-state index in [0.717, 1.165) is 37.5 Å². The van der Waals surface area contributed by atoms with E-state index >= 15 is 0 Å². The Kier molecular flexibility index (Phi) is 11.3. The number of nitrogens with zero attached hydrogens (tertiary/aromatic N) is 3. The first-order chi connectivity index (χ1) is 23.0. The Hall–Kier alpha value is -4.09. The van der Waals surface area contributed by atoms with Gasteiger partial charge in [-0.15, -0.1) is 0 Å². The molecule has 3 aliphatic rings. The van der Waals surface area contributed by atoms with E-state index in [-0.39, 0.29) is 43.8 Å². The van der Waals surface area contributed by atoms with E-state index in [9.17, 15) is 28.0 Å². The molecular weight excluding hydrogens is 622 g/mol. The molecule has 5 rings (SSSR count). The Morgan fingerprint density at radius 3 is 2.48 bits per heavy atom. The number of benzene rings is 1. The van der Waals surface area contributed by atoms with Crippen LogP contribution in [0.3, 0.4) is 0 Å². The first-order valence-electron chi connectivity index (χ1n) is 17.3. The summed E-state index contributed by atoms with van der Waals surface area (Å²) in [6, 6.07) is 2.24. The summed E-state index contributed by atoms with van der Waals surface area (Å²) in [7, 11) is 0. The molecule has 1 fully saturated rings. The molecular formula is C36H48F2N4O6. The Balaban J connectivity index is 0.00000541. The molecule has 48 heavy (non-hydrogen) atoms. The molecule has 10 nitrogen and oxygen atoms in total.